The molecule has 0 aliphatic heterocycles. The average Bonchev–Trinajstić information content (AvgIpc) is 2.98. The maximum Gasteiger partial charge on any atom is 0.416 e. The summed E-state index contributed by atoms with van der Waals surface area (Å²) in [6.45, 7) is 3.34. The molecule has 0 saturated carbocycles. The van der Waals surface area contributed by atoms with E-state index in [-0.39, 0.29) is 0 Å². The molecule has 0 radical (unpaired) electrons. The van der Waals surface area contributed by atoms with Gasteiger partial charge in [-0.15, -0.1) is 0 Å². The Labute approximate surface area is 250 Å². The Morgan fingerprint density at radius 2 is 0.909 bits per heavy atom. The molecule has 6 aromatic carbocycles. The van der Waals surface area contributed by atoms with E-state index >= 15 is 0 Å². The van der Waals surface area contributed by atoms with E-state index in [9.17, 15) is 30.9 Å². The van der Waals surface area contributed by atoms with Crippen LogP contribution in [0.4, 0.5) is 26.3 Å². The fraction of sp³-hybridized carbons (Fsp3) is 0.111. The number of hydrogen-bond acceptors (Lipinski definition) is 1. The molecule has 0 aromatic heterocycles. The van der Waals surface area contributed by atoms with Crippen molar-refractivity contribution in [1.29, 1.82) is 0 Å². The molecule has 44 heavy (non-hydrogen) atoms. The minimum absolute atomic E-state index is 0.328. The summed E-state index contributed by atoms with van der Waals surface area (Å²) in [6, 6.07) is 30.0. The Hall–Kier alpha value is -4.35. The quantitative estimate of drug-likeness (QED) is 0.109. The highest BCUT2D eigenvalue weighted by atomic mass is 31.2. The van der Waals surface area contributed by atoms with Crippen molar-refractivity contribution in [3.8, 4) is 33.4 Å². The van der Waals surface area contributed by atoms with Crippen LogP contribution in [0.2, 0.25) is 0 Å². The number of fused-ring (bicyclic) bond motifs is 2. The number of alkyl halides is 6. The predicted molar refractivity (Wildman–Crippen MR) is 167 cm³/mol. The number of hydrogen-bond donors (Lipinski definition) is 0. The third-order valence-corrected chi connectivity index (χ3v) is 9.30. The minimum Gasteiger partial charge on any atom is -0.319 e. The van der Waals surface area contributed by atoms with Gasteiger partial charge in [0.05, 0.1) is 11.1 Å². The molecule has 8 heteroatoms. The van der Waals surface area contributed by atoms with Gasteiger partial charge in [0, 0.05) is 5.30 Å². The van der Waals surface area contributed by atoms with Crippen molar-refractivity contribution >= 4 is 34.0 Å². The van der Waals surface area contributed by atoms with Gasteiger partial charge in [0.1, 0.15) is 7.14 Å². The first-order valence-corrected chi connectivity index (χ1v) is 16.3. The standard InChI is InChI=1S/C36H25F6OP/c1-44(2,43)28-13-7-8-22(20-28)23-16-17-31-32(21-23)34(25-10-6-12-27(19-25)36(40,41)42)30-15-4-3-14-29(30)33(31)24-9-5-11-26(18-24)35(37,38)39/h3-21H,1-2H3. The van der Waals surface area contributed by atoms with Gasteiger partial charge < -0.3 is 4.57 Å². The zero-order chi connectivity index (χ0) is 31.4. The lowest BCUT2D eigenvalue weighted by atomic mass is 9.84. The van der Waals surface area contributed by atoms with E-state index in [2.05, 4.69) is 0 Å². The Kier molecular flexibility index (Phi) is 7.21. The molecular formula is C36H25F6OP. The van der Waals surface area contributed by atoms with Gasteiger partial charge in [-0.05, 0) is 105 Å². The van der Waals surface area contributed by atoms with E-state index < -0.39 is 30.6 Å². The fourth-order valence-corrected chi connectivity index (χ4v) is 6.60. The largest absolute Gasteiger partial charge is 0.416 e. The predicted octanol–water partition coefficient (Wildman–Crippen LogP) is 11.3. The molecule has 0 heterocycles. The van der Waals surface area contributed by atoms with E-state index in [1.54, 1.807) is 67.9 Å². The van der Waals surface area contributed by atoms with Crippen LogP contribution in [0.15, 0.2) is 115 Å². The van der Waals surface area contributed by atoms with Gasteiger partial charge in [-0.25, -0.2) is 0 Å². The Bertz CT molecular complexity index is 2100. The van der Waals surface area contributed by atoms with Crippen molar-refractivity contribution in [2.75, 3.05) is 13.3 Å². The maximum absolute atomic E-state index is 13.8. The summed E-state index contributed by atoms with van der Waals surface area (Å²) in [5.74, 6) is 0. The summed E-state index contributed by atoms with van der Waals surface area (Å²) in [6.07, 6.45) is -9.13. The molecule has 222 valence electrons. The molecule has 0 unspecified atom stereocenters. The van der Waals surface area contributed by atoms with Gasteiger partial charge >= 0.3 is 12.4 Å². The molecule has 0 N–H and O–H groups in total. The van der Waals surface area contributed by atoms with Crippen LogP contribution in [0.25, 0.3) is 54.9 Å². The molecule has 0 amide bonds. The van der Waals surface area contributed by atoms with Gasteiger partial charge in [-0.3, -0.25) is 0 Å². The summed E-state index contributed by atoms with van der Waals surface area (Å²) in [4.78, 5) is 0. The van der Waals surface area contributed by atoms with Crippen molar-refractivity contribution in [2.24, 2.45) is 0 Å². The molecule has 0 saturated heterocycles. The Morgan fingerprint density at radius 1 is 0.455 bits per heavy atom. The molecule has 0 atom stereocenters. The summed E-state index contributed by atoms with van der Waals surface area (Å²) in [5, 5.41) is 3.06. The zero-order valence-corrected chi connectivity index (χ0v) is 24.5. The fourth-order valence-electron chi connectivity index (χ4n) is 5.70. The van der Waals surface area contributed by atoms with Crippen LogP contribution >= 0.6 is 7.14 Å². The lowest BCUT2D eigenvalue weighted by molar-refractivity contribution is -0.138. The highest BCUT2D eigenvalue weighted by Gasteiger charge is 2.32. The van der Waals surface area contributed by atoms with E-state index in [1.807, 2.05) is 24.3 Å². The van der Waals surface area contributed by atoms with Crippen LogP contribution in [0.3, 0.4) is 0 Å². The van der Waals surface area contributed by atoms with Crippen molar-refractivity contribution < 1.29 is 30.9 Å². The van der Waals surface area contributed by atoms with E-state index in [1.165, 1.54) is 12.1 Å². The van der Waals surface area contributed by atoms with E-state index in [0.29, 0.717) is 49.1 Å². The third kappa shape index (κ3) is 5.53. The summed E-state index contributed by atoms with van der Waals surface area (Å²) in [5.41, 5.74) is 1.63. The van der Waals surface area contributed by atoms with E-state index in [4.69, 9.17) is 0 Å². The topological polar surface area (TPSA) is 17.1 Å². The molecule has 0 bridgehead atoms. The van der Waals surface area contributed by atoms with Crippen LogP contribution < -0.4 is 5.30 Å². The maximum atomic E-state index is 13.8. The van der Waals surface area contributed by atoms with Crippen molar-refractivity contribution in [2.45, 2.75) is 12.4 Å². The second kappa shape index (κ2) is 10.7. The highest BCUT2D eigenvalue weighted by molar-refractivity contribution is 7.70. The summed E-state index contributed by atoms with van der Waals surface area (Å²) < 4.78 is 95.7. The lowest BCUT2D eigenvalue weighted by Gasteiger charge is -2.20. The number of halogens is 6. The second-order valence-corrected chi connectivity index (χ2v) is 14.3. The number of rotatable bonds is 4. The molecule has 0 aliphatic carbocycles. The van der Waals surface area contributed by atoms with Gasteiger partial charge in [-0.2, -0.15) is 26.3 Å². The van der Waals surface area contributed by atoms with Crippen molar-refractivity contribution in [1.82, 2.24) is 0 Å². The van der Waals surface area contributed by atoms with Gasteiger partial charge in [-0.1, -0.05) is 78.9 Å². The first kappa shape index (κ1) is 29.7. The molecule has 0 aliphatic rings. The van der Waals surface area contributed by atoms with Crippen LogP contribution in [-0.4, -0.2) is 13.3 Å². The molecule has 1 nitrogen and oxygen atoms in total. The summed E-state index contributed by atoms with van der Waals surface area (Å²) in [7, 11) is -2.59. The van der Waals surface area contributed by atoms with Crippen LogP contribution in [-0.2, 0) is 16.9 Å². The Morgan fingerprint density at radius 3 is 1.43 bits per heavy atom. The van der Waals surface area contributed by atoms with E-state index in [0.717, 1.165) is 35.4 Å². The third-order valence-electron chi connectivity index (χ3n) is 7.78. The van der Waals surface area contributed by atoms with Crippen LogP contribution in [0.1, 0.15) is 11.1 Å². The average molecular weight is 619 g/mol. The van der Waals surface area contributed by atoms with Gasteiger partial charge in [0.15, 0.2) is 0 Å². The molecule has 6 rings (SSSR count). The van der Waals surface area contributed by atoms with Crippen LogP contribution in [0, 0.1) is 0 Å². The molecule has 0 spiro atoms. The second-order valence-electron chi connectivity index (χ2n) is 11.1. The summed E-state index contributed by atoms with van der Waals surface area (Å²) >= 11 is 0. The molecule has 0 fully saturated rings. The first-order valence-electron chi connectivity index (χ1n) is 13.7. The molecular weight excluding hydrogens is 593 g/mol. The normalized spacial score (nSPS) is 12.6. The Balaban J connectivity index is 1.74. The van der Waals surface area contributed by atoms with Crippen molar-refractivity contribution in [3.05, 3.63) is 126 Å². The number of benzene rings is 6. The highest BCUT2D eigenvalue weighted by Crippen LogP contribution is 2.46. The zero-order valence-electron chi connectivity index (χ0n) is 23.6. The lowest BCUT2D eigenvalue weighted by Crippen LogP contribution is -2.05. The van der Waals surface area contributed by atoms with Crippen LogP contribution in [0.5, 0.6) is 0 Å². The molecule has 6 aromatic rings. The van der Waals surface area contributed by atoms with Gasteiger partial charge in [0.25, 0.3) is 0 Å². The SMILES string of the molecule is CP(C)(=O)c1cccc(-c2ccc3c(-c4cccc(C(F)(F)F)c4)c4ccccc4c(-c4cccc(C(F)(F)F)c4)c3c2)c1. The van der Waals surface area contributed by atoms with Crippen molar-refractivity contribution in [3.63, 3.8) is 0 Å². The monoisotopic (exact) mass is 618 g/mol. The van der Waals surface area contributed by atoms with Gasteiger partial charge in [0.2, 0.25) is 0 Å². The minimum atomic E-state index is -4.57. The first-order chi connectivity index (χ1) is 20.7. The smallest absolute Gasteiger partial charge is 0.319 e.